The van der Waals surface area contributed by atoms with E-state index in [4.69, 9.17) is 0 Å². The van der Waals surface area contributed by atoms with Crippen LogP contribution in [0.4, 0.5) is 0 Å². The van der Waals surface area contributed by atoms with Gasteiger partial charge in [-0.05, 0) is 36.7 Å². The van der Waals surface area contributed by atoms with E-state index in [0.717, 1.165) is 17.9 Å². The molecule has 4 unspecified atom stereocenters. The van der Waals surface area contributed by atoms with E-state index in [9.17, 15) is 9.90 Å². The Bertz CT molecular complexity index is 432. The van der Waals surface area contributed by atoms with E-state index in [2.05, 4.69) is 19.2 Å². The van der Waals surface area contributed by atoms with Crippen LogP contribution in [0.1, 0.15) is 51.2 Å². The van der Waals surface area contributed by atoms with E-state index in [1.54, 1.807) is 0 Å². The van der Waals surface area contributed by atoms with Crippen molar-refractivity contribution in [3.63, 3.8) is 0 Å². The van der Waals surface area contributed by atoms with Crippen LogP contribution in [0.2, 0.25) is 0 Å². The predicted molar refractivity (Wildman–Crippen MR) is 80.1 cm³/mol. The minimum absolute atomic E-state index is 0.0484. The van der Waals surface area contributed by atoms with Gasteiger partial charge in [-0.25, -0.2) is 0 Å². The summed E-state index contributed by atoms with van der Waals surface area (Å²) >= 11 is 0. The Labute approximate surface area is 121 Å². The summed E-state index contributed by atoms with van der Waals surface area (Å²) < 4.78 is 0. The highest BCUT2D eigenvalue weighted by molar-refractivity contribution is 5.77. The van der Waals surface area contributed by atoms with Crippen molar-refractivity contribution in [3.05, 3.63) is 35.9 Å². The molecule has 1 aliphatic carbocycles. The molecule has 0 bridgehead atoms. The molecular weight excluding hydrogens is 250 g/mol. The van der Waals surface area contributed by atoms with Gasteiger partial charge in [-0.1, -0.05) is 44.2 Å². The molecule has 1 aliphatic rings. The summed E-state index contributed by atoms with van der Waals surface area (Å²) in [6.45, 7) is 4.47. The third kappa shape index (κ3) is 4.07. The summed E-state index contributed by atoms with van der Waals surface area (Å²) in [7, 11) is 0. The molecule has 0 heterocycles. The van der Waals surface area contributed by atoms with Gasteiger partial charge in [0.05, 0.1) is 12.5 Å². The largest absolute Gasteiger partial charge is 0.388 e. The fraction of sp³-hybridized carbons (Fsp3) is 0.588. The van der Waals surface area contributed by atoms with Crippen molar-refractivity contribution < 1.29 is 9.90 Å². The number of carbonyl (C=O) groups excluding carboxylic acids is 1. The maximum atomic E-state index is 12.1. The summed E-state index contributed by atoms with van der Waals surface area (Å²) in [5.41, 5.74) is 0.799. The molecule has 20 heavy (non-hydrogen) atoms. The van der Waals surface area contributed by atoms with E-state index in [-0.39, 0.29) is 18.4 Å². The molecule has 0 aliphatic heterocycles. The molecule has 0 spiro atoms. The van der Waals surface area contributed by atoms with E-state index in [1.165, 1.54) is 12.8 Å². The van der Waals surface area contributed by atoms with Crippen LogP contribution in [0.15, 0.2) is 30.3 Å². The predicted octanol–water partition coefficient (Wildman–Crippen LogP) is 3.05. The summed E-state index contributed by atoms with van der Waals surface area (Å²) in [4.78, 5) is 12.1. The molecule has 1 aromatic carbocycles. The molecule has 110 valence electrons. The Hall–Kier alpha value is -1.35. The lowest BCUT2D eigenvalue weighted by molar-refractivity contribution is -0.124. The van der Waals surface area contributed by atoms with Crippen LogP contribution in [0.25, 0.3) is 0 Å². The first-order valence-electron chi connectivity index (χ1n) is 7.58. The minimum Gasteiger partial charge on any atom is -0.388 e. The van der Waals surface area contributed by atoms with Gasteiger partial charge >= 0.3 is 0 Å². The van der Waals surface area contributed by atoms with Crippen molar-refractivity contribution in [2.75, 3.05) is 0 Å². The van der Waals surface area contributed by atoms with Gasteiger partial charge in [0.25, 0.3) is 0 Å². The summed E-state index contributed by atoms with van der Waals surface area (Å²) in [6, 6.07) is 9.62. The second-order valence-corrected chi connectivity index (χ2v) is 6.20. The first-order chi connectivity index (χ1) is 9.56. The fourth-order valence-electron chi connectivity index (χ4n) is 3.11. The molecule has 2 rings (SSSR count). The van der Waals surface area contributed by atoms with Gasteiger partial charge < -0.3 is 10.4 Å². The van der Waals surface area contributed by atoms with E-state index < -0.39 is 6.10 Å². The van der Waals surface area contributed by atoms with Gasteiger partial charge in [-0.15, -0.1) is 0 Å². The van der Waals surface area contributed by atoms with Crippen LogP contribution in [0.5, 0.6) is 0 Å². The number of rotatable bonds is 4. The van der Waals surface area contributed by atoms with Gasteiger partial charge in [-0.3, -0.25) is 4.79 Å². The number of amides is 1. The van der Waals surface area contributed by atoms with Crippen LogP contribution in [0.3, 0.4) is 0 Å². The Kier molecular flexibility index (Phi) is 5.18. The highest BCUT2D eigenvalue weighted by atomic mass is 16.3. The second-order valence-electron chi connectivity index (χ2n) is 6.20. The fourth-order valence-corrected chi connectivity index (χ4v) is 3.11. The van der Waals surface area contributed by atoms with Crippen LogP contribution in [-0.4, -0.2) is 17.1 Å². The summed E-state index contributed by atoms with van der Waals surface area (Å²) in [6.07, 6.45) is 2.83. The molecule has 3 nitrogen and oxygen atoms in total. The topological polar surface area (TPSA) is 49.3 Å². The standard InChI is InChI=1S/C17H25NO2/c1-12-8-9-15(13(2)10-12)18-17(20)11-16(19)14-6-4-3-5-7-14/h3-7,12-13,15-16,19H,8-11H2,1-2H3,(H,18,20). The molecule has 4 atom stereocenters. The van der Waals surface area contributed by atoms with Crippen molar-refractivity contribution in [1.82, 2.24) is 5.32 Å². The maximum absolute atomic E-state index is 12.1. The maximum Gasteiger partial charge on any atom is 0.223 e. The van der Waals surface area contributed by atoms with Gasteiger partial charge in [0.1, 0.15) is 0 Å². The van der Waals surface area contributed by atoms with E-state index in [0.29, 0.717) is 5.92 Å². The van der Waals surface area contributed by atoms with E-state index >= 15 is 0 Å². The Balaban J connectivity index is 1.83. The normalized spacial score (nSPS) is 27.9. The number of hydrogen-bond donors (Lipinski definition) is 2. The van der Waals surface area contributed by atoms with Crippen molar-refractivity contribution in [2.24, 2.45) is 11.8 Å². The average Bonchev–Trinajstić information content (AvgIpc) is 2.43. The zero-order valence-electron chi connectivity index (χ0n) is 12.4. The van der Waals surface area contributed by atoms with Crippen LogP contribution >= 0.6 is 0 Å². The summed E-state index contributed by atoms with van der Waals surface area (Å²) in [5.74, 6) is 1.23. The molecule has 1 fully saturated rings. The third-order valence-electron chi connectivity index (χ3n) is 4.34. The van der Waals surface area contributed by atoms with Crippen LogP contribution in [0, 0.1) is 11.8 Å². The average molecular weight is 275 g/mol. The molecule has 2 N–H and O–H groups in total. The number of carbonyl (C=O) groups is 1. The Morgan fingerprint density at radius 1 is 1.30 bits per heavy atom. The third-order valence-corrected chi connectivity index (χ3v) is 4.34. The highest BCUT2D eigenvalue weighted by Crippen LogP contribution is 2.28. The molecule has 0 radical (unpaired) electrons. The Morgan fingerprint density at radius 3 is 2.65 bits per heavy atom. The van der Waals surface area contributed by atoms with Crippen molar-refractivity contribution in [2.45, 2.75) is 51.7 Å². The second kappa shape index (κ2) is 6.89. The lowest BCUT2D eigenvalue weighted by Gasteiger charge is -2.33. The van der Waals surface area contributed by atoms with Crippen molar-refractivity contribution in [1.29, 1.82) is 0 Å². The van der Waals surface area contributed by atoms with Gasteiger partial charge in [0.2, 0.25) is 5.91 Å². The smallest absolute Gasteiger partial charge is 0.223 e. The van der Waals surface area contributed by atoms with Crippen molar-refractivity contribution in [3.8, 4) is 0 Å². The molecule has 1 saturated carbocycles. The van der Waals surface area contributed by atoms with Gasteiger partial charge in [0, 0.05) is 6.04 Å². The first kappa shape index (κ1) is 15.0. The number of hydrogen-bond acceptors (Lipinski definition) is 2. The number of aliphatic hydroxyl groups is 1. The summed E-state index contributed by atoms with van der Waals surface area (Å²) in [5, 5.41) is 13.2. The molecule has 3 heteroatoms. The molecule has 0 aromatic heterocycles. The number of nitrogens with one attached hydrogen (secondary N) is 1. The van der Waals surface area contributed by atoms with E-state index in [1.807, 2.05) is 30.3 Å². The molecule has 0 saturated heterocycles. The zero-order valence-corrected chi connectivity index (χ0v) is 12.4. The monoisotopic (exact) mass is 275 g/mol. The molecule has 1 amide bonds. The number of aliphatic hydroxyl groups excluding tert-OH is 1. The van der Waals surface area contributed by atoms with Gasteiger partial charge in [0.15, 0.2) is 0 Å². The van der Waals surface area contributed by atoms with Crippen LogP contribution in [-0.2, 0) is 4.79 Å². The number of benzene rings is 1. The SMILES string of the molecule is CC1CCC(NC(=O)CC(O)c2ccccc2)C(C)C1. The molecular formula is C17H25NO2. The Morgan fingerprint density at radius 2 is 2.00 bits per heavy atom. The minimum atomic E-state index is -0.714. The lowest BCUT2D eigenvalue weighted by Crippen LogP contribution is -2.42. The first-order valence-corrected chi connectivity index (χ1v) is 7.58. The lowest BCUT2D eigenvalue weighted by atomic mass is 9.80. The van der Waals surface area contributed by atoms with Crippen molar-refractivity contribution >= 4 is 5.91 Å². The quantitative estimate of drug-likeness (QED) is 0.887. The van der Waals surface area contributed by atoms with Crippen LogP contribution < -0.4 is 5.32 Å². The zero-order chi connectivity index (χ0) is 14.5. The van der Waals surface area contributed by atoms with Gasteiger partial charge in [-0.2, -0.15) is 0 Å². The molecule has 1 aromatic rings. The highest BCUT2D eigenvalue weighted by Gasteiger charge is 2.27.